The van der Waals surface area contributed by atoms with Crippen molar-refractivity contribution in [2.75, 3.05) is 7.11 Å². The maximum Gasteiger partial charge on any atom is 0.196 e. The van der Waals surface area contributed by atoms with Crippen LogP contribution in [-0.2, 0) is 0 Å². The van der Waals surface area contributed by atoms with Gasteiger partial charge >= 0.3 is 0 Å². The molecule has 0 aliphatic rings. The van der Waals surface area contributed by atoms with Crippen LogP contribution in [0.5, 0.6) is 11.5 Å². The molecule has 0 aliphatic carbocycles. The summed E-state index contributed by atoms with van der Waals surface area (Å²) in [6, 6.07) is 10.5. The Balaban J connectivity index is 2.59. The van der Waals surface area contributed by atoms with E-state index in [1.807, 2.05) is 18.2 Å². The third kappa shape index (κ3) is 1.54. The van der Waals surface area contributed by atoms with E-state index in [1.54, 1.807) is 6.07 Å². The van der Waals surface area contributed by atoms with Gasteiger partial charge in [0.25, 0.3) is 0 Å². The van der Waals surface area contributed by atoms with E-state index in [-0.39, 0.29) is 11.2 Å². The van der Waals surface area contributed by atoms with Crippen LogP contribution in [0, 0.1) is 0 Å². The molecular formula is C14H10O3S. The van der Waals surface area contributed by atoms with Crippen molar-refractivity contribution in [3.8, 4) is 11.5 Å². The van der Waals surface area contributed by atoms with E-state index < -0.39 is 0 Å². The lowest BCUT2D eigenvalue weighted by Gasteiger charge is -2.06. The smallest absolute Gasteiger partial charge is 0.196 e. The zero-order valence-corrected chi connectivity index (χ0v) is 10.5. The molecule has 0 spiro atoms. The van der Waals surface area contributed by atoms with Crippen LogP contribution < -0.4 is 10.2 Å². The van der Waals surface area contributed by atoms with Crippen molar-refractivity contribution in [2.24, 2.45) is 0 Å². The topological polar surface area (TPSA) is 46.5 Å². The number of fused-ring (bicyclic) bond motifs is 2. The van der Waals surface area contributed by atoms with Crippen molar-refractivity contribution < 1.29 is 9.84 Å². The lowest BCUT2D eigenvalue weighted by molar-refractivity contribution is 0.413. The molecule has 0 bridgehead atoms. The maximum atomic E-state index is 12.3. The van der Waals surface area contributed by atoms with Crippen LogP contribution >= 0.6 is 11.3 Å². The summed E-state index contributed by atoms with van der Waals surface area (Å²) in [5.74, 6) is 0.566. The van der Waals surface area contributed by atoms with Crippen molar-refractivity contribution in [1.29, 1.82) is 0 Å². The van der Waals surface area contributed by atoms with E-state index in [4.69, 9.17) is 4.74 Å². The van der Waals surface area contributed by atoms with Crippen molar-refractivity contribution >= 4 is 31.5 Å². The summed E-state index contributed by atoms with van der Waals surface area (Å²) in [6.45, 7) is 0. The molecule has 1 heterocycles. The van der Waals surface area contributed by atoms with Gasteiger partial charge in [0.2, 0.25) is 0 Å². The Labute approximate surface area is 107 Å². The average molecular weight is 258 g/mol. The van der Waals surface area contributed by atoms with Gasteiger partial charge in [-0.2, -0.15) is 0 Å². The Morgan fingerprint density at radius 2 is 1.94 bits per heavy atom. The number of hydrogen-bond donors (Lipinski definition) is 1. The SMILES string of the molecule is COc1cc(O)cc2c(=O)c3ccccc3sc12. The lowest BCUT2D eigenvalue weighted by Crippen LogP contribution is -2.01. The van der Waals surface area contributed by atoms with Crippen LogP contribution in [0.2, 0.25) is 0 Å². The van der Waals surface area contributed by atoms with Gasteiger partial charge in [0.05, 0.1) is 11.8 Å². The van der Waals surface area contributed by atoms with Crippen LogP contribution in [0.3, 0.4) is 0 Å². The lowest BCUT2D eigenvalue weighted by atomic mass is 10.1. The maximum absolute atomic E-state index is 12.3. The summed E-state index contributed by atoms with van der Waals surface area (Å²) in [5, 5.41) is 10.8. The standard InChI is InChI=1S/C14H10O3S/c1-17-11-7-8(15)6-10-13(16)9-4-2-3-5-12(9)18-14(10)11/h2-7,15H,1H3. The van der Waals surface area contributed by atoms with E-state index in [2.05, 4.69) is 0 Å². The second kappa shape index (κ2) is 3.99. The minimum Gasteiger partial charge on any atom is -0.508 e. The molecule has 0 saturated heterocycles. The molecule has 3 rings (SSSR count). The number of phenols is 1. The third-order valence-electron chi connectivity index (χ3n) is 2.85. The number of ether oxygens (including phenoxy) is 1. The van der Waals surface area contributed by atoms with Crippen molar-refractivity contribution in [1.82, 2.24) is 0 Å². The molecule has 2 aromatic carbocycles. The van der Waals surface area contributed by atoms with E-state index in [1.165, 1.54) is 30.6 Å². The molecule has 90 valence electrons. The third-order valence-corrected chi connectivity index (χ3v) is 4.05. The number of rotatable bonds is 1. The van der Waals surface area contributed by atoms with Crippen LogP contribution in [0.4, 0.5) is 0 Å². The first-order valence-corrected chi connectivity index (χ1v) is 6.25. The molecule has 4 heteroatoms. The zero-order valence-electron chi connectivity index (χ0n) is 9.64. The van der Waals surface area contributed by atoms with Crippen molar-refractivity contribution in [3.05, 3.63) is 46.6 Å². The van der Waals surface area contributed by atoms with Gasteiger partial charge in [-0.15, -0.1) is 11.3 Å². The van der Waals surface area contributed by atoms with E-state index in [9.17, 15) is 9.90 Å². The Morgan fingerprint density at radius 3 is 2.72 bits per heavy atom. The van der Waals surface area contributed by atoms with Crippen LogP contribution in [0.25, 0.3) is 20.2 Å². The van der Waals surface area contributed by atoms with Gasteiger partial charge in [0.1, 0.15) is 11.5 Å². The van der Waals surface area contributed by atoms with Crippen LogP contribution in [-0.4, -0.2) is 12.2 Å². The van der Waals surface area contributed by atoms with E-state index in [0.29, 0.717) is 16.5 Å². The number of benzene rings is 2. The molecular weight excluding hydrogens is 248 g/mol. The van der Waals surface area contributed by atoms with Gasteiger partial charge in [-0.3, -0.25) is 4.79 Å². The van der Waals surface area contributed by atoms with Crippen molar-refractivity contribution in [2.45, 2.75) is 0 Å². The van der Waals surface area contributed by atoms with E-state index >= 15 is 0 Å². The molecule has 0 atom stereocenters. The summed E-state index contributed by atoms with van der Waals surface area (Å²) in [7, 11) is 1.53. The molecule has 0 amide bonds. The Bertz CT molecular complexity index is 805. The van der Waals surface area contributed by atoms with Gasteiger partial charge in [0, 0.05) is 21.5 Å². The van der Waals surface area contributed by atoms with Gasteiger partial charge < -0.3 is 9.84 Å². The van der Waals surface area contributed by atoms with Gasteiger partial charge in [-0.25, -0.2) is 0 Å². The van der Waals surface area contributed by atoms with Gasteiger partial charge in [-0.05, 0) is 18.2 Å². The van der Waals surface area contributed by atoms with Gasteiger partial charge in [0.15, 0.2) is 5.43 Å². The molecule has 0 saturated carbocycles. The molecule has 0 fully saturated rings. The average Bonchev–Trinajstić information content (AvgIpc) is 2.39. The number of hydrogen-bond acceptors (Lipinski definition) is 4. The summed E-state index contributed by atoms with van der Waals surface area (Å²) in [6.07, 6.45) is 0. The first-order chi connectivity index (χ1) is 8.70. The first kappa shape index (κ1) is 11.0. The highest BCUT2D eigenvalue weighted by molar-refractivity contribution is 7.24. The molecule has 18 heavy (non-hydrogen) atoms. The summed E-state index contributed by atoms with van der Waals surface area (Å²) < 4.78 is 6.90. The minimum absolute atomic E-state index is 0.0407. The van der Waals surface area contributed by atoms with Crippen LogP contribution in [0.15, 0.2) is 41.2 Å². The quantitative estimate of drug-likeness (QED) is 0.682. The van der Waals surface area contributed by atoms with Crippen molar-refractivity contribution in [3.63, 3.8) is 0 Å². The molecule has 3 aromatic rings. The second-order valence-corrected chi connectivity index (χ2v) is 5.00. The fraction of sp³-hybridized carbons (Fsp3) is 0.0714. The van der Waals surface area contributed by atoms with Gasteiger partial charge in [-0.1, -0.05) is 12.1 Å². The number of methoxy groups -OCH3 is 1. The predicted molar refractivity (Wildman–Crippen MR) is 73.8 cm³/mol. The first-order valence-electron chi connectivity index (χ1n) is 5.43. The second-order valence-electron chi connectivity index (χ2n) is 3.95. The number of phenolic OH excluding ortho intramolecular Hbond substituents is 1. The minimum atomic E-state index is -0.0754. The molecule has 0 aliphatic heterocycles. The molecule has 0 radical (unpaired) electrons. The summed E-state index contributed by atoms with van der Waals surface area (Å²) >= 11 is 1.49. The Morgan fingerprint density at radius 1 is 1.17 bits per heavy atom. The molecule has 1 aromatic heterocycles. The fourth-order valence-corrected chi connectivity index (χ4v) is 3.15. The highest BCUT2D eigenvalue weighted by Gasteiger charge is 2.11. The Hall–Kier alpha value is -2.07. The summed E-state index contributed by atoms with van der Waals surface area (Å²) in [5.41, 5.74) is -0.0754. The molecule has 0 unspecified atom stereocenters. The molecule has 3 nitrogen and oxygen atoms in total. The summed E-state index contributed by atoms with van der Waals surface area (Å²) in [4.78, 5) is 12.3. The van der Waals surface area contributed by atoms with E-state index in [0.717, 1.165) is 9.40 Å². The molecule has 1 N–H and O–H groups in total. The predicted octanol–water partition coefficient (Wildman–Crippen LogP) is 3.13. The largest absolute Gasteiger partial charge is 0.508 e. The Kier molecular flexibility index (Phi) is 2.45. The highest BCUT2D eigenvalue weighted by Crippen LogP contribution is 2.34. The monoisotopic (exact) mass is 258 g/mol. The van der Waals surface area contributed by atoms with Crippen LogP contribution in [0.1, 0.15) is 0 Å². The highest BCUT2D eigenvalue weighted by atomic mass is 32.1. The zero-order chi connectivity index (χ0) is 12.7. The fourth-order valence-electron chi connectivity index (χ4n) is 2.01. The normalized spacial score (nSPS) is 10.9. The number of aromatic hydroxyl groups is 1.